The smallest absolute Gasteiger partial charge is 0.263 e. The monoisotopic (exact) mass is 445 g/mol. The van der Waals surface area contributed by atoms with E-state index in [1.54, 1.807) is 13.2 Å². The fourth-order valence-electron chi connectivity index (χ4n) is 2.91. The molecule has 0 amide bonds. The number of rotatable bonds is 10. The Morgan fingerprint density at radius 3 is 2.45 bits per heavy atom. The summed E-state index contributed by atoms with van der Waals surface area (Å²) in [6.07, 6.45) is 1.41. The number of aliphatic hydroxyl groups is 2. The lowest BCUT2D eigenvalue weighted by atomic mass is 10.1. The highest BCUT2D eigenvalue weighted by Crippen LogP contribution is 2.30. The summed E-state index contributed by atoms with van der Waals surface area (Å²) >= 11 is 0. The van der Waals surface area contributed by atoms with Gasteiger partial charge in [-0.05, 0) is 29.3 Å². The molecule has 10 heteroatoms. The van der Waals surface area contributed by atoms with E-state index in [9.17, 15) is 8.42 Å². The average Bonchev–Trinajstić information content (AvgIpc) is 2.79. The number of nitrogens with zero attached hydrogens (tertiary/aromatic N) is 2. The number of aromatic nitrogens is 2. The van der Waals surface area contributed by atoms with Crippen molar-refractivity contribution in [3.63, 3.8) is 0 Å². The van der Waals surface area contributed by atoms with Gasteiger partial charge in [0.15, 0.2) is 5.82 Å². The van der Waals surface area contributed by atoms with Crippen LogP contribution in [0.15, 0.2) is 59.8 Å². The van der Waals surface area contributed by atoms with Crippen LogP contribution in [0.25, 0.3) is 0 Å². The van der Waals surface area contributed by atoms with E-state index in [1.807, 2.05) is 18.2 Å². The van der Waals surface area contributed by atoms with E-state index in [0.29, 0.717) is 16.9 Å². The summed E-state index contributed by atoms with van der Waals surface area (Å²) in [5.41, 5.74) is 1.77. The van der Waals surface area contributed by atoms with Crippen LogP contribution in [0.2, 0.25) is 0 Å². The number of ether oxygens (including phenoxy) is 2. The summed E-state index contributed by atoms with van der Waals surface area (Å²) in [5.74, 6) is 0.830. The van der Waals surface area contributed by atoms with Gasteiger partial charge in [0.05, 0.1) is 30.8 Å². The predicted octanol–water partition coefficient (Wildman–Crippen LogP) is 1.74. The van der Waals surface area contributed by atoms with Gasteiger partial charge >= 0.3 is 0 Å². The topological polar surface area (TPSA) is 131 Å². The Kier molecular flexibility index (Phi) is 7.40. The van der Waals surface area contributed by atoms with Crippen molar-refractivity contribution in [3.8, 4) is 11.6 Å². The molecule has 0 aliphatic heterocycles. The van der Waals surface area contributed by atoms with Crippen molar-refractivity contribution in [1.29, 1.82) is 0 Å². The zero-order valence-electron chi connectivity index (χ0n) is 16.9. The highest BCUT2D eigenvalue weighted by molar-refractivity contribution is 7.92. The minimum absolute atomic E-state index is 0.00918. The quantitative estimate of drug-likeness (QED) is 0.430. The zero-order chi connectivity index (χ0) is 22.3. The lowest BCUT2D eigenvalue weighted by molar-refractivity contribution is 0.195. The second-order valence-corrected chi connectivity index (χ2v) is 8.16. The summed E-state index contributed by atoms with van der Waals surface area (Å²) in [6, 6.07) is 13.2. The van der Waals surface area contributed by atoms with E-state index >= 15 is 0 Å². The second kappa shape index (κ2) is 10.2. The molecule has 0 saturated carbocycles. The van der Waals surface area contributed by atoms with Gasteiger partial charge in [-0.15, -0.1) is 0 Å². The SMILES string of the molecule is COc1ccccc1Cc1c(NS(=O)(=O)c2ccc(CO)cc2)ncnc1OCCO. The van der Waals surface area contributed by atoms with Crippen LogP contribution in [0, 0.1) is 0 Å². The van der Waals surface area contributed by atoms with Crippen molar-refractivity contribution in [2.24, 2.45) is 0 Å². The molecule has 164 valence electrons. The van der Waals surface area contributed by atoms with E-state index in [0.717, 1.165) is 5.56 Å². The highest BCUT2D eigenvalue weighted by atomic mass is 32.2. The van der Waals surface area contributed by atoms with E-state index in [2.05, 4.69) is 14.7 Å². The van der Waals surface area contributed by atoms with Gasteiger partial charge in [0.2, 0.25) is 5.88 Å². The molecule has 1 heterocycles. The molecule has 0 radical (unpaired) electrons. The first kappa shape index (κ1) is 22.5. The first-order chi connectivity index (χ1) is 15.0. The normalized spacial score (nSPS) is 11.2. The predicted molar refractivity (Wildman–Crippen MR) is 114 cm³/mol. The third kappa shape index (κ3) is 5.48. The fourth-order valence-corrected chi connectivity index (χ4v) is 3.95. The van der Waals surface area contributed by atoms with Crippen LogP contribution in [-0.4, -0.2) is 48.9 Å². The minimum Gasteiger partial charge on any atom is -0.496 e. The van der Waals surface area contributed by atoms with Crippen LogP contribution >= 0.6 is 0 Å². The van der Waals surface area contributed by atoms with Crippen LogP contribution < -0.4 is 14.2 Å². The van der Waals surface area contributed by atoms with Gasteiger partial charge in [-0.2, -0.15) is 0 Å². The molecule has 0 atom stereocenters. The van der Waals surface area contributed by atoms with Crippen LogP contribution in [-0.2, 0) is 23.1 Å². The Morgan fingerprint density at radius 2 is 1.77 bits per heavy atom. The number of para-hydroxylation sites is 1. The van der Waals surface area contributed by atoms with E-state index < -0.39 is 10.0 Å². The van der Waals surface area contributed by atoms with E-state index in [-0.39, 0.29) is 42.8 Å². The van der Waals surface area contributed by atoms with Crippen molar-refractivity contribution in [1.82, 2.24) is 9.97 Å². The standard InChI is InChI=1S/C21H23N3O6S/c1-29-19-5-3-2-4-16(19)12-18-20(22-14-23-21(18)30-11-10-25)24-31(27,28)17-8-6-15(13-26)7-9-17/h2-9,14,25-26H,10-13H2,1H3,(H,22,23,24). The molecule has 9 nitrogen and oxygen atoms in total. The minimum atomic E-state index is -3.96. The maximum Gasteiger partial charge on any atom is 0.263 e. The van der Waals surface area contributed by atoms with Crippen molar-refractivity contribution < 1.29 is 28.1 Å². The molecule has 3 aromatic rings. The number of anilines is 1. The maximum atomic E-state index is 12.9. The van der Waals surface area contributed by atoms with Crippen molar-refractivity contribution in [2.45, 2.75) is 17.9 Å². The van der Waals surface area contributed by atoms with Crippen molar-refractivity contribution >= 4 is 15.8 Å². The van der Waals surface area contributed by atoms with Gasteiger partial charge in [0.25, 0.3) is 10.0 Å². The highest BCUT2D eigenvalue weighted by Gasteiger charge is 2.21. The molecule has 0 aliphatic rings. The lowest BCUT2D eigenvalue weighted by Crippen LogP contribution is -2.17. The molecule has 2 aromatic carbocycles. The fraction of sp³-hybridized carbons (Fsp3) is 0.238. The zero-order valence-corrected chi connectivity index (χ0v) is 17.7. The lowest BCUT2D eigenvalue weighted by Gasteiger charge is -2.16. The van der Waals surface area contributed by atoms with Gasteiger partial charge in [-0.1, -0.05) is 30.3 Å². The number of nitrogens with one attached hydrogen (secondary N) is 1. The first-order valence-electron chi connectivity index (χ1n) is 9.40. The Morgan fingerprint density at radius 1 is 1.03 bits per heavy atom. The second-order valence-electron chi connectivity index (χ2n) is 6.47. The first-order valence-corrected chi connectivity index (χ1v) is 10.9. The molecule has 0 aliphatic carbocycles. The van der Waals surface area contributed by atoms with Gasteiger partial charge < -0.3 is 19.7 Å². The van der Waals surface area contributed by atoms with E-state index in [1.165, 1.54) is 30.6 Å². The number of methoxy groups -OCH3 is 1. The molecule has 0 unspecified atom stereocenters. The summed E-state index contributed by atoms with van der Waals surface area (Å²) in [6.45, 7) is -0.421. The van der Waals surface area contributed by atoms with Gasteiger partial charge in [-0.3, -0.25) is 4.72 Å². The molecule has 0 saturated heterocycles. The van der Waals surface area contributed by atoms with Crippen molar-refractivity contribution in [3.05, 3.63) is 71.5 Å². The van der Waals surface area contributed by atoms with Gasteiger partial charge in [-0.25, -0.2) is 18.4 Å². The molecule has 3 N–H and O–H groups in total. The van der Waals surface area contributed by atoms with Crippen molar-refractivity contribution in [2.75, 3.05) is 25.0 Å². The van der Waals surface area contributed by atoms with Crippen LogP contribution in [0.3, 0.4) is 0 Å². The van der Waals surface area contributed by atoms with E-state index in [4.69, 9.17) is 19.7 Å². The number of benzene rings is 2. The Hall–Kier alpha value is -3.21. The summed E-state index contributed by atoms with van der Waals surface area (Å²) in [4.78, 5) is 8.24. The molecule has 0 fully saturated rings. The molecule has 0 bridgehead atoms. The summed E-state index contributed by atoms with van der Waals surface area (Å²) in [5, 5.41) is 18.3. The van der Waals surface area contributed by atoms with Crippen LogP contribution in [0.4, 0.5) is 5.82 Å². The third-order valence-electron chi connectivity index (χ3n) is 4.44. The molecule has 3 rings (SSSR count). The number of aliphatic hydroxyl groups excluding tert-OH is 2. The maximum absolute atomic E-state index is 12.9. The molecular formula is C21H23N3O6S. The average molecular weight is 445 g/mol. The largest absolute Gasteiger partial charge is 0.496 e. The Bertz CT molecular complexity index is 1120. The summed E-state index contributed by atoms with van der Waals surface area (Å²) < 4.78 is 39.2. The summed E-state index contributed by atoms with van der Waals surface area (Å²) in [7, 11) is -2.42. The number of hydrogen-bond donors (Lipinski definition) is 3. The van der Waals surface area contributed by atoms with Crippen LogP contribution in [0.1, 0.15) is 16.7 Å². The van der Waals surface area contributed by atoms with Crippen LogP contribution in [0.5, 0.6) is 11.6 Å². The Balaban J connectivity index is 2.00. The molecule has 0 spiro atoms. The Labute approximate surface area is 180 Å². The third-order valence-corrected chi connectivity index (χ3v) is 5.80. The molecule has 31 heavy (non-hydrogen) atoms. The van der Waals surface area contributed by atoms with Gasteiger partial charge in [0, 0.05) is 6.42 Å². The number of hydrogen-bond acceptors (Lipinski definition) is 8. The molecule has 1 aromatic heterocycles. The van der Waals surface area contributed by atoms with Gasteiger partial charge in [0.1, 0.15) is 18.7 Å². The molecular weight excluding hydrogens is 422 g/mol. The number of sulfonamides is 1.